The highest BCUT2D eigenvalue weighted by Crippen LogP contribution is 2.29. The largest absolute Gasteiger partial charge is 0.351 e. The minimum atomic E-state index is -0.0721. The average Bonchev–Trinajstić information content (AvgIpc) is 3.57. The Hall–Kier alpha value is -3.21. The second-order valence-electron chi connectivity index (χ2n) is 7.99. The normalized spacial score (nSPS) is 15.7. The number of amides is 1. The molecule has 1 aliphatic carbocycles. The first kappa shape index (κ1) is 17.9. The summed E-state index contributed by atoms with van der Waals surface area (Å²) in [4.78, 5) is 24.5. The Balaban J connectivity index is 1.54. The molecule has 0 saturated heterocycles. The molecule has 0 spiro atoms. The number of hydrogen-bond donors (Lipinski definition) is 1. The molecule has 0 radical (unpaired) electrons. The van der Waals surface area contributed by atoms with Crippen LogP contribution >= 0.6 is 0 Å². The van der Waals surface area contributed by atoms with Crippen molar-refractivity contribution in [2.75, 3.05) is 11.4 Å². The van der Waals surface area contributed by atoms with Gasteiger partial charge in [0.2, 0.25) is 0 Å². The number of aryl methyl sites for hydroxylation is 1. The molecule has 29 heavy (non-hydrogen) atoms. The lowest BCUT2D eigenvalue weighted by atomic mass is 9.99. The van der Waals surface area contributed by atoms with E-state index in [1.54, 1.807) is 6.20 Å². The molecule has 1 aliphatic heterocycles. The van der Waals surface area contributed by atoms with E-state index in [0.717, 1.165) is 49.3 Å². The van der Waals surface area contributed by atoms with Crippen molar-refractivity contribution < 1.29 is 4.79 Å². The second kappa shape index (κ2) is 7.32. The van der Waals surface area contributed by atoms with E-state index in [2.05, 4.69) is 58.5 Å². The number of rotatable bonds is 4. The third-order valence-corrected chi connectivity index (χ3v) is 5.63. The summed E-state index contributed by atoms with van der Waals surface area (Å²) in [7, 11) is 0. The minimum absolute atomic E-state index is 0.0721. The number of benzene rings is 2. The molecule has 0 atom stereocenters. The number of hydrogen-bond acceptors (Lipinski definition) is 4. The Morgan fingerprint density at radius 3 is 2.72 bits per heavy atom. The molecule has 5 rings (SSSR count). The first-order valence-electron chi connectivity index (χ1n) is 10.2. The molecule has 1 aromatic heterocycles. The van der Waals surface area contributed by atoms with Crippen LogP contribution in [0, 0.1) is 6.92 Å². The zero-order chi connectivity index (χ0) is 19.8. The number of anilines is 1. The molecule has 1 fully saturated rings. The van der Waals surface area contributed by atoms with Crippen molar-refractivity contribution in [3.63, 3.8) is 0 Å². The second-order valence-corrected chi connectivity index (χ2v) is 7.99. The first-order valence-corrected chi connectivity index (χ1v) is 10.2. The zero-order valence-electron chi connectivity index (χ0n) is 16.6. The van der Waals surface area contributed by atoms with E-state index < -0.39 is 0 Å². The highest BCUT2D eigenvalue weighted by atomic mass is 16.1. The van der Waals surface area contributed by atoms with Gasteiger partial charge in [0, 0.05) is 30.9 Å². The quantitative estimate of drug-likeness (QED) is 0.741. The lowest BCUT2D eigenvalue weighted by Gasteiger charge is -2.31. The molecular formula is C24H24N4O. The summed E-state index contributed by atoms with van der Waals surface area (Å²) in [6.45, 7) is 3.65. The van der Waals surface area contributed by atoms with Crippen LogP contribution in [0.25, 0.3) is 11.4 Å². The monoisotopic (exact) mass is 384 g/mol. The Morgan fingerprint density at radius 1 is 1.10 bits per heavy atom. The Bertz CT molecular complexity index is 1070. The molecule has 0 unspecified atom stereocenters. The summed E-state index contributed by atoms with van der Waals surface area (Å²) in [6, 6.07) is 17.0. The van der Waals surface area contributed by atoms with Gasteiger partial charge in [-0.05, 0) is 43.4 Å². The Morgan fingerprint density at radius 2 is 1.93 bits per heavy atom. The smallest absolute Gasteiger partial charge is 0.256 e. The van der Waals surface area contributed by atoms with E-state index in [1.807, 2.05) is 12.1 Å². The van der Waals surface area contributed by atoms with Gasteiger partial charge in [0.25, 0.3) is 5.91 Å². The van der Waals surface area contributed by atoms with Crippen LogP contribution in [0.4, 0.5) is 5.82 Å². The Labute approximate surface area is 170 Å². The summed E-state index contributed by atoms with van der Waals surface area (Å²) in [6.07, 6.45) is 4.75. The van der Waals surface area contributed by atoms with Gasteiger partial charge in [-0.1, -0.05) is 48.0 Å². The van der Waals surface area contributed by atoms with Crippen LogP contribution in [0.1, 0.15) is 39.9 Å². The summed E-state index contributed by atoms with van der Waals surface area (Å²) in [5.74, 6) is 1.31. The van der Waals surface area contributed by atoms with Crippen molar-refractivity contribution in [3.05, 3.63) is 77.0 Å². The number of carbonyl (C=O) groups excluding carboxylic acids is 1. The van der Waals surface area contributed by atoms with Gasteiger partial charge < -0.3 is 10.2 Å². The van der Waals surface area contributed by atoms with Crippen molar-refractivity contribution in [2.24, 2.45) is 0 Å². The highest BCUT2D eigenvalue weighted by Gasteiger charge is 2.28. The molecule has 2 aliphatic rings. The van der Waals surface area contributed by atoms with E-state index in [0.29, 0.717) is 17.4 Å². The van der Waals surface area contributed by atoms with Crippen molar-refractivity contribution >= 4 is 11.7 Å². The van der Waals surface area contributed by atoms with Crippen molar-refractivity contribution in [1.29, 1.82) is 0 Å². The van der Waals surface area contributed by atoms with Crippen molar-refractivity contribution in [2.45, 2.75) is 38.8 Å². The fourth-order valence-corrected chi connectivity index (χ4v) is 3.86. The van der Waals surface area contributed by atoms with Gasteiger partial charge in [-0.25, -0.2) is 9.97 Å². The molecular weight excluding hydrogens is 360 g/mol. The predicted molar refractivity (Wildman–Crippen MR) is 114 cm³/mol. The van der Waals surface area contributed by atoms with E-state index in [-0.39, 0.29) is 5.91 Å². The lowest BCUT2D eigenvalue weighted by molar-refractivity contribution is 0.0951. The Kier molecular flexibility index (Phi) is 4.51. The molecule has 1 amide bonds. The van der Waals surface area contributed by atoms with Crippen LogP contribution < -0.4 is 10.2 Å². The zero-order valence-corrected chi connectivity index (χ0v) is 16.6. The standard InChI is InChI=1S/C24H24N4O/c1-16-5-4-8-18(13-16)22-25-14-21(24(29)26-20-9-10-20)23(27-22)28-12-11-17-6-2-3-7-19(17)15-28/h2-8,13-14,20H,9-12,15H2,1H3,(H,26,29). The van der Waals surface area contributed by atoms with Gasteiger partial charge >= 0.3 is 0 Å². The summed E-state index contributed by atoms with van der Waals surface area (Å²) >= 11 is 0. The number of carbonyl (C=O) groups is 1. The molecule has 2 aromatic carbocycles. The minimum Gasteiger partial charge on any atom is -0.351 e. The summed E-state index contributed by atoms with van der Waals surface area (Å²) in [5, 5.41) is 3.09. The van der Waals surface area contributed by atoms with Gasteiger partial charge in [-0.3, -0.25) is 4.79 Å². The number of nitrogens with one attached hydrogen (secondary N) is 1. The predicted octanol–water partition coefficient (Wildman–Crippen LogP) is 3.91. The van der Waals surface area contributed by atoms with E-state index in [1.165, 1.54) is 11.1 Å². The van der Waals surface area contributed by atoms with Gasteiger partial charge in [-0.2, -0.15) is 0 Å². The van der Waals surface area contributed by atoms with E-state index >= 15 is 0 Å². The van der Waals surface area contributed by atoms with Crippen LogP contribution in [-0.2, 0) is 13.0 Å². The van der Waals surface area contributed by atoms with E-state index in [9.17, 15) is 4.79 Å². The molecule has 3 aromatic rings. The topological polar surface area (TPSA) is 58.1 Å². The first-order chi connectivity index (χ1) is 14.2. The number of aromatic nitrogens is 2. The fourth-order valence-electron chi connectivity index (χ4n) is 3.86. The van der Waals surface area contributed by atoms with Crippen molar-refractivity contribution in [1.82, 2.24) is 15.3 Å². The number of fused-ring (bicyclic) bond motifs is 1. The molecule has 1 N–H and O–H groups in total. The maximum Gasteiger partial charge on any atom is 0.256 e. The van der Waals surface area contributed by atoms with Gasteiger partial charge in [0.05, 0.1) is 0 Å². The van der Waals surface area contributed by atoms with Crippen LogP contribution in [0.5, 0.6) is 0 Å². The van der Waals surface area contributed by atoms with E-state index in [4.69, 9.17) is 4.98 Å². The maximum atomic E-state index is 12.9. The third kappa shape index (κ3) is 3.73. The van der Waals surface area contributed by atoms with Gasteiger partial charge in [-0.15, -0.1) is 0 Å². The molecule has 2 heterocycles. The molecule has 0 bridgehead atoms. The van der Waals surface area contributed by atoms with Crippen molar-refractivity contribution in [3.8, 4) is 11.4 Å². The lowest BCUT2D eigenvalue weighted by Crippen LogP contribution is -2.34. The van der Waals surface area contributed by atoms with Crippen LogP contribution in [-0.4, -0.2) is 28.5 Å². The van der Waals surface area contributed by atoms with Crippen LogP contribution in [0.2, 0.25) is 0 Å². The average molecular weight is 384 g/mol. The molecule has 146 valence electrons. The molecule has 5 heteroatoms. The summed E-state index contributed by atoms with van der Waals surface area (Å²) < 4.78 is 0. The van der Waals surface area contributed by atoms with Gasteiger partial charge in [0.1, 0.15) is 11.4 Å². The fraction of sp³-hybridized carbons (Fsp3) is 0.292. The van der Waals surface area contributed by atoms with Gasteiger partial charge in [0.15, 0.2) is 5.82 Å². The molecule has 5 nitrogen and oxygen atoms in total. The SMILES string of the molecule is Cc1cccc(-c2ncc(C(=O)NC3CC3)c(N3CCc4ccccc4C3)n2)c1. The highest BCUT2D eigenvalue weighted by molar-refractivity contribution is 5.99. The maximum absolute atomic E-state index is 12.9. The molecule has 1 saturated carbocycles. The summed E-state index contributed by atoms with van der Waals surface area (Å²) in [5.41, 5.74) is 5.37. The third-order valence-electron chi connectivity index (χ3n) is 5.63. The van der Waals surface area contributed by atoms with Crippen LogP contribution in [0.15, 0.2) is 54.7 Å². The number of nitrogens with zero attached hydrogens (tertiary/aromatic N) is 3. The van der Waals surface area contributed by atoms with Crippen LogP contribution in [0.3, 0.4) is 0 Å².